The molecule has 6 heteroatoms. The highest BCUT2D eigenvalue weighted by molar-refractivity contribution is 5.95. The fraction of sp³-hybridized carbons (Fsp3) is 0.562. The number of methoxy groups -OCH3 is 3. The SMILES string of the molecule is COc1cc(C(=O)NCC2CCCCO2)cc(OC)c1OC. The van der Waals surface area contributed by atoms with E-state index in [2.05, 4.69) is 5.32 Å². The molecule has 2 rings (SSSR count). The van der Waals surface area contributed by atoms with Crippen LogP contribution in [0.15, 0.2) is 12.1 Å². The monoisotopic (exact) mass is 309 g/mol. The van der Waals surface area contributed by atoms with Crippen molar-refractivity contribution in [2.45, 2.75) is 25.4 Å². The number of hydrogen-bond donors (Lipinski definition) is 1. The van der Waals surface area contributed by atoms with Crippen molar-refractivity contribution in [2.75, 3.05) is 34.5 Å². The Kier molecular flexibility index (Phi) is 5.89. The quantitative estimate of drug-likeness (QED) is 0.871. The van der Waals surface area contributed by atoms with E-state index < -0.39 is 0 Å². The zero-order chi connectivity index (χ0) is 15.9. The minimum absolute atomic E-state index is 0.0970. The first-order chi connectivity index (χ1) is 10.7. The molecule has 1 heterocycles. The zero-order valence-corrected chi connectivity index (χ0v) is 13.3. The summed E-state index contributed by atoms with van der Waals surface area (Å²) in [6, 6.07) is 3.27. The summed E-state index contributed by atoms with van der Waals surface area (Å²) in [5.74, 6) is 1.20. The van der Waals surface area contributed by atoms with Gasteiger partial charge in [0, 0.05) is 18.7 Å². The molecule has 1 aliphatic rings. The standard InChI is InChI=1S/C16H23NO5/c1-19-13-8-11(9-14(20-2)15(13)21-3)16(18)17-10-12-6-4-5-7-22-12/h8-9,12H,4-7,10H2,1-3H3,(H,17,18). The molecule has 1 fully saturated rings. The van der Waals surface area contributed by atoms with Gasteiger partial charge in [-0.25, -0.2) is 0 Å². The lowest BCUT2D eigenvalue weighted by Crippen LogP contribution is -2.35. The van der Waals surface area contributed by atoms with E-state index >= 15 is 0 Å². The average Bonchev–Trinajstić information content (AvgIpc) is 2.59. The van der Waals surface area contributed by atoms with Gasteiger partial charge in [-0.15, -0.1) is 0 Å². The van der Waals surface area contributed by atoms with Crippen molar-refractivity contribution in [3.8, 4) is 17.2 Å². The lowest BCUT2D eigenvalue weighted by Gasteiger charge is -2.22. The van der Waals surface area contributed by atoms with Crippen LogP contribution in [-0.2, 0) is 4.74 Å². The molecule has 122 valence electrons. The topological polar surface area (TPSA) is 66.0 Å². The smallest absolute Gasteiger partial charge is 0.251 e. The van der Waals surface area contributed by atoms with Crippen LogP contribution in [0.2, 0.25) is 0 Å². The Balaban J connectivity index is 2.08. The number of nitrogens with one attached hydrogen (secondary N) is 1. The Morgan fingerprint density at radius 1 is 1.18 bits per heavy atom. The molecule has 0 radical (unpaired) electrons. The number of rotatable bonds is 6. The summed E-state index contributed by atoms with van der Waals surface area (Å²) >= 11 is 0. The van der Waals surface area contributed by atoms with Gasteiger partial charge in [-0.3, -0.25) is 4.79 Å². The first-order valence-electron chi connectivity index (χ1n) is 7.39. The third kappa shape index (κ3) is 3.82. The van der Waals surface area contributed by atoms with Gasteiger partial charge in [-0.1, -0.05) is 0 Å². The lowest BCUT2D eigenvalue weighted by molar-refractivity contribution is 0.0169. The molecule has 6 nitrogen and oxygen atoms in total. The summed E-state index contributed by atoms with van der Waals surface area (Å²) in [6.45, 7) is 1.28. The van der Waals surface area contributed by atoms with Gasteiger partial charge in [0.05, 0.1) is 27.4 Å². The molecule has 1 unspecified atom stereocenters. The average molecular weight is 309 g/mol. The van der Waals surface area contributed by atoms with Crippen molar-refractivity contribution in [3.63, 3.8) is 0 Å². The highest BCUT2D eigenvalue weighted by Crippen LogP contribution is 2.38. The van der Waals surface area contributed by atoms with Gasteiger partial charge in [0.2, 0.25) is 5.75 Å². The minimum Gasteiger partial charge on any atom is -0.493 e. The fourth-order valence-electron chi connectivity index (χ4n) is 2.49. The fourth-order valence-corrected chi connectivity index (χ4v) is 2.49. The van der Waals surface area contributed by atoms with Crippen LogP contribution in [0.5, 0.6) is 17.2 Å². The Morgan fingerprint density at radius 3 is 2.36 bits per heavy atom. The molecule has 0 spiro atoms. The van der Waals surface area contributed by atoms with Gasteiger partial charge in [0.25, 0.3) is 5.91 Å². The summed E-state index contributed by atoms with van der Waals surface area (Å²) in [6.07, 6.45) is 3.32. The molecule has 1 atom stereocenters. The predicted molar refractivity (Wildman–Crippen MR) is 82.0 cm³/mol. The number of hydrogen-bond acceptors (Lipinski definition) is 5. The van der Waals surface area contributed by atoms with Crippen LogP contribution in [0.25, 0.3) is 0 Å². The molecule has 0 aliphatic carbocycles. The van der Waals surface area contributed by atoms with Crippen LogP contribution in [0.3, 0.4) is 0 Å². The molecular weight excluding hydrogens is 286 g/mol. The van der Waals surface area contributed by atoms with Crippen molar-refractivity contribution >= 4 is 5.91 Å². The number of ether oxygens (including phenoxy) is 4. The van der Waals surface area contributed by atoms with E-state index in [1.54, 1.807) is 12.1 Å². The largest absolute Gasteiger partial charge is 0.493 e. The molecular formula is C16H23NO5. The third-order valence-electron chi connectivity index (χ3n) is 3.69. The number of carbonyl (C=O) groups excluding carboxylic acids is 1. The second-order valence-electron chi connectivity index (χ2n) is 5.11. The van der Waals surface area contributed by atoms with E-state index in [-0.39, 0.29) is 12.0 Å². The molecule has 1 aliphatic heterocycles. The van der Waals surface area contributed by atoms with Crippen molar-refractivity contribution in [2.24, 2.45) is 0 Å². The van der Waals surface area contributed by atoms with E-state index in [9.17, 15) is 4.79 Å². The second-order valence-corrected chi connectivity index (χ2v) is 5.11. The van der Waals surface area contributed by atoms with Crippen molar-refractivity contribution < 1.29 is 23.7 Å². The van der Waals surface area contributed by atoms with Crippen LogP contribution in [0.1, 0.15) is 29.6 Å². The van der Waals surface area contributed by atoms with Gasteiger partial charge >= 0.3 is 0 Å². The Labute approximate surface area is 130 Å². The van der Waals surface area contributed by atoms with Gasteiger partial charge in [-0.05, 0) is 31.4 Å². The van der Waals surface area contributed by atoms with Crippen LogP contribution < -0.4 is 19.5 Å². The highest BCUT2D eigenvalue weighted by Gasteiger charge is 2.19. The molecule has 1 aromatic carbocycles. The molecule has 0 aromatic heterocycles. The Morgan fingerprint density at radius 2 is 1.86 bits per heavy atom. The first-order valence-corrected chi connectivity index (χ1v) is 7.39. The van der Waals surface area contributed by atoms with Crippen molar-refractivity contribution in [3.05, 3.63) is 17.7 Å². The molecule has 1 N–H and O–H groups in total. The maximum Gasteiger partial charge on any atom is 0.251 e. The van der Waals surface area contributed by atoms with E-state index in [0.29, 0.717) is 29.4 Å². The molecule has 22 heavy (non-hydrogen) atoms. The van der Waals surface area contributed by atoms with E-state index in [1.807, 2.05) is 0 Å². The van der Waals surface area contributed by atoms with Gasteiger partial charge in [0.1, 0.15) is 0 Å². The Hall–Kier alpha value is -1.95. The van der Waals surface area contributed by atoms with E-state index in [1.165, 1.54) is 21.3 Å². The number of amides is 1. The van der Waals surface area contributed by atoms with Crippen LogP contribution >= 0.6 is 0 Å². The predicted octanol–water partition coefficient (Wildman–Crippen LogP) is 2.01. The molecule has 1 aromatic rings. The van der Waals surface area contributed by atoms with Gasteiger partial charge < -0.3 is 24.3 Å². The van der Waals surface area contributed by atoms with Gasteiger partial charge in [-0.2, -0.15) is 0 Å². The third-order valence-corrected chi connectivity index (χ3v) is 3.69. The number of carbonyl (C=O) groups is 1. The summed E-state index contributed by atoms with van der Waals surface area (Å²) in [7, 11) is 4.57. The molecule has 1 amide bonds. The summed E-state index contributed by atoms with van der Waals surface area (Å²) in [5, 5.41) is 2.89. The summed E-state index contributed by atoms with van der Waals surface area (Å²) in [4.78, 5) is 12.3. The second kappa shape index (κ2) is 7.89. The van der Waals surface area contributed by atoms with Crippen LogP contribution in [0, 0.1) is 0 Å². The summed E-state index contributed by atoms with van der Waals surface area (Å²) < 4.78 is 21.4. The Bertz CT molecular complexity index is 486. The number of benzene rings is 1. The van der Waals surface area contributed by atoms with E-state index in [0.717, 1.165) is 25.9 Å². The lowest BCUT2D eigenvalue weighted by atomic mass is 10.1. The van der Waals surface area contributed by atoms with Gasteiger partial charge in [0.15, 0.2) is 11.5 Å². The maximum absolute atomic E-state index is 12.3. The first kappa shape index (κ1) is 16.4. The normalized spacial score (nSPS) is 17.7. The summed E-state index contributed by atoms with van der Waals surface area (Å²) in [5.41, 5.74) is 0.463. The molecule has 0 saturated carbocycles. The highest BCUT2D eigenvalue weighted by atomic mass is 16.5. The van der Waals surface area contributed by atoms with Crippen LogP contribution in [-0.4, -0.2) is 46.5 Å². The zero-order valence-electron chi connectivity index (χ0n) is 13.3. The van der Waals surface area contributed by atoms with E-state index in [4.69, 9.17) is 18.9 Å². The van der Waals surface area contributed by atoms with Crippen LogP contribution in [0.4, 0.5) is 0 Å². The molecule has 0 bridgehead atoms. The minimum atomic E-state index is -0.187. The van der Waals surface area contributed by atoms with Crippen molar-refractivity contribution in [1.82, 2.24) is 5.32 Å². The maximum atomic E-state index is 12.3. The molecule has 1 saturated heterocycles. The van der Waals surface area contributed by atoms with Crippen molar-refractivity contribution in [1.29, 1.82) is 0 Å².